The number of hydrogen-bond acceptors (Lipinski definition) is 3. The van der Waals surface area contributed by atoms with Crippen LogP contribution in [0.4, 0.5) is 5.69 Å². The van der Waals surface area contributed by atoms with Gasteiger partial charge in [-0.15, -0.1) is 0 Å². The molecule has 0 bridgehead atoms. The van der Waals surface area contributed by atoms with E-state index >= 15 is 0 Å². The van der Waals surface area contributed by atoms with Crippen molar-refractivity contribution in [3.8, 4) is 5.75 Å². The molecular formula is C24H26N2O3. The van der Waals surface area contributed by atoms with Gasteiger partial charge in [-0.25, -0.2) is 0 Å². The molecule has 2 amide bonds. The van der Waals surface area contributed by atoms with E-state index in [1.54, 1.807) is 13.0 Å². The van der Waals surface area contributed by atoms with Crippen LogP contribution < -0.4 is 10.1 Å². The van der Waals surface area contributed by atoms with Crippen molar-refractivity contribution in [3.63, 3.8) is 0 Å². The van der Waals surface area contributed by atoms with Crippen LogP contribution in [-0.2, 0) is 4.79 Å². The molecule has 1 unspecified atom stereocenters. The lowest BCUT2D eigenvalue weighted by Crippen LogP contribution is -2.48. The molecule has 3 aliphatic rings. The number of aryl methyl sites for hydroxylation is 1. The van der Waals surface area contributed by atoms with Crippen LogP contribution in [0.2, 0.25) is 0 Å². The molecule has 2 aliphatic carbocycles. The number of amides is 2. The average Bonchev–Trinajstić information content (AvgIpc) is 3.50. The highest BCUT2D eigenvalue weighted by atomic mass is 16.5. The summed E-state index contributed by atoms with van der Waals surface area (Å²) in [4.78, 5) is 27.6. The number of ether oxygens (including phenoxy) is 1. The van der Waals surface area contributed by atoms with Crippen molar-refractivity contribution in [1.29, 1.82) is 0 Å². The van der Waals surface area contributed by atoms with E-state index in [0.29, 0.717) is 29.0 Å². The summed E-state index contributed by atoms with van der Waals surface area (Å²) in [7, 11) is 0. The SMILES string of the molecule is Cc1ccccc1C1CC(N(C(=O)c2cccc3c2OC(C)C(=O)N3)C2CC2)C1. The summed E-state index contributed by atoms with van der Waals surface area (Å²) in [5.74, 6) is 0.877. The van der Waals surface area contributed by atoms with E-state index in [-0.39, 0.29) is 17.9 Å². The summed E-state index contributed by atoms with van der Waals surface area (Å²) in [6.07, 6.45) is 3.56. The van der Waals surface area contributed by atoms with Gasteiger partial charge in [0.05, 0.1) is 11.3 Å². The van der Waals surface area contributed by atoms with Crippen LogP contribution in [0.25, 0.3) is 0 Å². The Morgan fingerprint density at radius 2 is 1.83 bits per heavy atom. The Bertz CT molecular complexity index is 976. The molecule has 1 heterocycles. The zero-order valence-electron chi connectivity index (χ0n) is 16.9. The number of carbonyl (C=O) groups excluding carboxylic acids is 2. The fourth-order valence-electron chi connectivity index (χ4n) is 4.63. The first-order valence-corrected chi connectivity index (χ1v) is 10.5. The van der Waals surface area contributed by atoms with E-state index in [0.717, 1.165) is 25.7 Å². The maximum absolute atomic E-state index is 13.6. The number of rotatable bonds is 4. The molecule has 2 fully saturated rings. The fraction of sp³-hybridized carbons (Fsp3) is 0.417. The first-order chi connectivity index (χ1) is 14.0. The topological polar surface area (TPSA) is 58.6 Å². The van der Waals surface area contributed by atoms with Crippen LogP contribution in [0.3, 0.4) is 0 Å². The first-order valence-electron chi connectivity index (χ1n) is 10.5. The van der Waals surface area contributed by atoms with Gasteiger partial charge in [-0.2, -0.15) is 0 Å². The van der Waals surface area contributed by atoms with Crippen molar-refractivity contribution in [2.24, 2.45) is 0 Å². The van der Waals surface area contributed by atoms with Crippen LogP contribution in [-0.4, -0.2) is 34.9 Å². The molecule has 0 radical (unpaired) electrons. The second-order valence-electron chi connectivity index (χ2n) is 8.55. The predicted molar refractivity (Wildman–Crippen MR) is 111 cm³/mol. The Hall–Kier alpha value is -2.82. The van der Waals surface area contributed by atoms with Gasteiger partial charge < -0.3 is 15.0 Å². The molecule has 2 aromatic carbocycles. The molecular weight excluding hydrogens is 364 g/mol. The number of fused-ring (bicyclic) bond motifs is 1. The summed E-state index contributed by atoms with van der Waals surface area (Å²) in [5.41, 5.74) is 3.88. The highest BCUT2D eigenvalue weighted by Gasteiger charge is 2.45. The van der Waals surface area contributed by atoms with E-state index in [9.17, 15) is 9.59 Å². The van der Waals surface area contributed by atoms with Crippen molar-refractivity contribution >= 4 is 17.5 Å². The van der Waals surface area contributed by atoms with Crippen LogP contribution in [0, 0.1) is 6.92 Å². The van der Waals surface area contributed by atoms with Gasteiger partial charge >= 0.3 is 0 Å². The number of nitrogens with zero attached hydrogens (tertiary/aromatic N) is 1. The molecule has 5 nitrogen and oxygen atoms in total. The lowest BCUT2D eigenvalue weighted by atomic mass is 9.73. The summed E-state index contributed by atoms with van der Waals surface area (Å²) in [6.45, 7) is 3.87. The molecule has 1 aliphatic heterocycles. The number of para-hydroxylation sites is 1. The lowest BCUT2D eigenvalue weighted by molar-refractivity contribution is -0.122. The predicted octanol–water partition coefficient (Wildman–Crippen LogP) is 4.27. The summed E-state index contributed by atoms with van der Waals surface area (Å²) in [5, 5.41) is 2.85. The minimum Gasteiger partial charge on any atom is -0.478 e. The van der Waals surface area contributed by atoms with E-state index < -0.39 is 6.10 Å². The van der Waals surface area contributed by atoms with E-state index in [1.807, 2.05) is 12.1 Å². The molecule has 2 aromatic rings. The van der Waals surface area contributed by atoms with Gasteiger partial charge in [-0.1, -0.05) is 30.3 Å². The van der Waals surface area contributed by atoms with Crippen molar-refractivity contribution < 1.29 is 14.3 Å². The zero-order chi connectivity index (χ0) is 20.1. The molecule has 5 rings (SSSR count). The largest absolute Gasteiger partial charge is 0.478 e. The number of hydrogen-bond donors (Lipinski definition) is 1. The highest BCUT2D eigenvalue weighted by molar-refractivity contribution is 6.04. The third-order valence-electron chi connectivity index (χ3n) is 6.48. The molecule has 29 heavy (non-hydrogen) atoms. The van der Waals surface area contributed by atoms with E-state index in [1.165, 1.54) is 11.1 Å². The smallest absolute Gasteiger partial charge is 0.265 e. The number of anilines is 1. The Labute approximate surface area is 171 Å². The monoisotopic (exact) mass is 390 g/mol. The van der Waals surface area contributed by atoms with Crippen molar-refractivity contribution in [1.82, 2.24) is 4.90 Å². The molecule has 150 valence electrons. The standard InChI is InChI=1S/C24H26N2O3/c1-14-6-3-4-7-19(14)16-12-18(13-16)26(17-10-11-17)24(28)20-8-5-9-21-22(20)29-15(2)23(27)25-21/h3-9,15-18H,10-13H2,1-2H3,(H,25,27). The normalized spacial score (nSPS) is 25.3. The molecule has 1 atom stereocenters. The van der Waals surface area contributed by atoms with Gasteiger partial charge in [0.25, 0.3) is 11.8 Å². The van der Waals surface area contributed by atoms with Gasteiger partial charge in [-0.05, 0) is 68.7 Å². The quantitative estimate of drug-likeness (QED) is 0.848. The number of benzene rings is 2. The summed E-state index contributed by atoms with van der Waals surface area (Å²) in [6, 6.07) is 14.6. The Balaban J connectivity index is 1.38. The van der Waals surface area contributed by atoms with Gasteiger partial charge in [0.2, 0.25) is 0 Å². The van der Waals surface area contributed by atoms with Crippen LogP contribution in [0.5, 0.6) is 5.75 Å². The highest BCUT2D eigenvalue weighted by Crippen LogP contribution is 2.46. The molecule has 0 saturated heterocycles. The number of carbonyl (C=O) groups is 2. The lowest BCUT2D eigenvalue weighted by Gasteiger charge is -2.44. The average molecular weight is 390 g/mol. The maximum atomic E-state index is 13.6. The Morgan fingerprint density at radius 3 is 2.55 bits per heavy atom. The molecule has 1 N–H and O–H groups in total. The van der Waals surface area contributed by atoms with Crippen molar-refractivity contribution in [2.75, 3.05) is 5.32 Å². The summed E-state index contributed by atoms with van der Waals surface area (Å²) < 4.78 is 5.82. The van der Waals surface area contributed by atoms with Gasteiger partial charge in [0.1, 0.15) is 0 Å². The van der Waals surface area contributed by atoms with Crippen LogP contribution in [0.15, 0.2) is 42.5 Å². The Morgan fingerprint density at radius 1 is 1.07 bits per heavy atom. The van der Waals surface area contributed by atoms with E-state index in [4.69, 9.17) is 4.74 Å². The minimum absolute atomic E-state index is 0.0286. The molecule has 0 spiro atoms. The van der Waals surface area contributed by atoms with Gasteiger partial charge in [0.15, 0.2) is 11.9 Å². The fourth-order valence-corrected chi connectivity index (χ4v) is 4.63. The van der Waals surface area contributed by atoms with Gasteiger partial charge in [0, 0.05) is 12.1 Å². The van der Waals surface area contributed by atoms with Crippen molar-refractivity contribution in [3.05, 3.63) is 59.2 Å². The number of nitrogens with one attached hydrogen (secondary N) is 1. The Kier molecular flexibility index (Phi) is 4.34. The van der Waals surface area contributed by atoms with E-state index in [2.05, 4.69) is 41.4 Å². The van der Waals surface area contributed by atoms with Gasteiger partial charge in [-0.3, -0.25) is 9.59 Å². The summed E-state index contributed by atoms with van der Waals surface area (Å²) >= 11 is 0. The third kappa shape index (κ3) is 3.18. The van der Waals surface area contributed by atoms with Crippen molar-refractivity contribution in [2.45, 2.75) is 63.6 Å². The third-order valence-corrected chi connectivity index (χ3v) is 6.48. The zero-order valence-corrected chi connectivity index (χ0v) is 16.9. The second kappa shape index (κ2) is 6.90. The first kappa shape index (κ1) is 18.2. The minimum atomic E-state index is -0.597. The molecule has 0 aromatic heterocycles. The molecule has 2 saturated carbocycles. The second-order valence-corrected chi connectivity index (χ2v) is 8.55. The van der Waals surface area contributed by atoms with Crippen LogP contribution >= 0.6 is 0 Å². The molecule has 5 heteroatoms. The van der Waals surface area contributed by atoms with Crippen LogP contribution in [0.1, 0.15) is 60.0 Å². The maximum Gasteiger partial charge on any atom is 0.265 e.